The molecule has 0 atom stereocenters. The van der Waals surface area contributed by atoms with Gasteiger partial charge in [-0.3, -0.25) is 0 Å². The summed E-state index contributed by atoms with van der Waals surface area (Å²) in [6, 6.07) is 18.7. The molecule has 1 N–H and O–H groups in total. The van der Waals surface area contributed by atoms with Gasteiger partial charge in [-0.15, -0.1) is 0 Å². The number of para-hydroxylation sites is 1. The number of hydrogen-bond acceptors (Lipinski definition) is 2. The van der Waals surface area contributed by atoms with Gasteiger partial charge < -0.3 is 5.11 Å². The normalized spacial score (nSPS) is 9.89. The molecule has 0 saturated carbocycles. The van der Waals surface area contributed by atoms with Crippen molar-refractivity contribution in [1.29, 1.82) is 0 Å². The van der Waals surface area contributed by atoms with Crippen molar-refractivity contribution in [3.63, 3.8) is 0 Å². The molecule has 0 aliphatic rings. The molecule has 3 rings (SSSR count). The Morgan fingerprint density at radius 1 is 0.842 bits per heavy atom. The van der Waals surface area contributed by atoms with Gasteiger partial charge in [-0.25, -0.2) is 4.98 Å². The molecule has 2 aromatic carbocycles. The van der Waals surface area contributed by atoms with E-state index < -0.39 is 0 Å². The average molecular weight is 245 g/mol. The number of fused-ring (bicyclic) bond motifs is 1. The number of hydrogen-bond donors (Lipinski definition) is 1. The first-order valence-corrected chi connectivity index (χ1v) is 5.98. The van der Waals surface area contributed by atoms with Crippen LogP contribution in [0.25, 0.3) is 10.9 Å². The number of aromatic hydroxyl groups is 1. The van der Waals surface area contributed by atoms with E-state index in [1.807, 2.05) is 42.5 Å². The summed E-state index contributed by atoms with van der Waals surface area (Å²) in [7, 11) is 0. The second kappa shape index (κ2) is 4.83. The minimum absolute atomic E-state index is 0.221. The third-order valence-corrected chi connectivity index (χ3v) is 2.78. The molecule has 0 amide bonds. The Balaban J connectivity index is 1.98. The van der Waals surface area contributed by atoms with Crippen LogP contribution in [0.15, 0.2) is 60.7 Å². The van der Waals surface area contributed by atoms with Crippen molar-refractivity contribution in [2.24, 2.45) is 0 Å². The maximum absolute atomic E-state index is 9.37. The van der Waals surface area contributed by atoms with Crippen molar-refractivity contribution in [2.45, 2.75) is 0 Å². The number of rotatable bonds is 0. The van der Waals surface area contributed by atoms with Crippen LogP contribution in [0.1, 0.15) is 11.3 Å². The molecule has 0 bridgehead atoms. The number of aromatic nitrogens is 1. The lowest BCUT2D eigenvalue weighted by molar-refractivity contribution is 0.475. The van der Waals surface area contributed by atoms with Crippen molar-refractivity contribution >= 4 is 10.9 Å². The molecule has 1 aromatic heterocycles. The maximum Gasteiger partial charge on any atom is 0.116 e. The van der Waals surface area contributed by atoms with Crippen molar-refractivity contribution < 1.29 is 5.11 Å². The van der Waals surface area contributed by atoms with Crippen LogP contribution < -0.4 is 0 Å². The van der Waals surface area contributed by atoms with Gasteiger partial charge in [0.05, 0.1) is 5.52 Å². The summed E-state index contributed by atoms with van der Waals surface area (Å²) < 4.78 is 0. The Morgan fingerprint density at radius 3 is 2.63 bits per heavy atom. The summed E-state index contributed by atoms with van der Waals surface area (Å²) in [5.41, 5.74) is 2.43. The van der Waals surface area contributed by atoms with Crippen LogP contribution in [0.3, 0.4) is 0 Å². The number of phenolic OH excluding ortho intramolecular Hbond substituents is 1. The van der Waals surface area contributed by atoms with Crippen LogP contribution in [-0.2, 0) is 0 Å². The van der Waals surface area contributed by atoms with Crippen molar-refractivity contribution in [2.75, 3.05) is 0 Å². The molecule has 0 radical (unpaired) electrons. The summed E-state index contributed by atoms with van der Waals surface area (Å²) in [5.74, 6) is 6.22. The topological polar surface area (TPSA) is 33.1 Å². The first-order valence-electron chi connectivity index (χ1n) is 5.98. The largest absolute Gasteiger partial charge is 0.508 e. The van der Waals surface area contributed by atoms with Gasteiger partial charge in [-0.05, 0) is 36.3 Å². The van der Waals surface area contributed by atoms with Gasteiger partial charge in [0.2, 0.25) is 0 Å². The minimum atomic E-state index is 0.221. The number of phenols is 1. The standard InChI is InChI=1S/C17H11NO/c19-16-6-3-4-13(12-16)8-10-15-11-9-14-5-1-2-7-17(14)18-15/h1-7,9,11-12,19H. The Morgan fingerprint density at radius 2 is 1.74 bits per heavy atom. The fourth-order valence-electron chi connectivity index (χ4n) is 1.86. The number of pyridine rings is 1. The fourth-order valence-corrected chi connectivity index (χ4v) is 1.86. The van der Waals surface area contributed by atoms with Crippen molar-refractivity contribution in [3.8, 4) is 17.6 Å². The highest BCUT2D eigenvalue weighted by Gasteiger charge is 1.94. The van der Waals surface area contributed by atoms with E-state index in [1.165, 1.54) is 0 Å². The summed E-state index contributed by atoms with van der Waals surface area (Å²) in [6.45, 7) is 0. The molecule has 0 aliphatic carbocycles. The lowest BCUT2D eigenvalue weighted by Gasteiger charge is -1.96. The molecular formula is C17H11NO. The highest BCUT2D eigenvalue weighted by molar-refractivity contribution is 5.78. The number of nitrogens with zero attached hydrogens (tertiary/aromatic N) is 1. The molecule has 0 aliphatic heterocycles. The molecule has 90 valence electrons. The van der Waals surface area contributed by atoms with E-state index in [2.05, 4.69) is 16.8 Å². The first kappa shape index (κ1) is 11.3. The van der Waals surface area contributed by atoms with E-state index in [-0.39, 0.29) is 5.75 Å². The molecule has 0 fully saturated rings. The molecule has 1 heterocycles. The van der Waals surface area contributed by atoms with Crippen molar-refractivity contribution in [1.82, 2.24) is 4.98 Å². The fraction of sp³-hybridized carbons (Fsp3) is 0. The van der Waals surface area contributed by atoms with Gasteiger partial charge in [0.1, 0.15) is 11.4 Å². The van der Waals surface area contributed by atoms with Gasteiger partial charge >= 0.3 is 0 Å². The van der Waals surface area contributed by atoms with Gasteiger partial charge in [-0.2, -0.15) is 0 Å². The van der Waals surface area contributed by atoms with Gasteiger partial charge in [0, 0.05) is 10.9 Å². The van der Waals surface area contributed by atoms with Crippen LogP contribution in [0.4, 0.5) is 0 Å². The van der Waals surface area contributed by atoms with Crippen LogP contribution >= 0.6 is 0 Å². The summed E-state index contributed by atoms with van der Waals surface area (Å²) in [4.78, 5) is 4.48. The third-order valence-electron chi connectivity index (χ3n) is 2.78. The second-order valence-corrected chi connectivity index (χ2v) is 4.19. The van der Waals surface area contributed by atoms with Gasteiger partial charge in [0.15, 0.2) is 0 Å². The molecule has 2 heteroatoms. The lowest BCUT2D eigenvalue weighted by Crippen LogP contribution is -1.84. The molecule has 3 aromatic rings. The summed E-state index contributed by atoms with van der Waals surface area (Å²) in [5, 5.41) is 10.5. The highest BCUT2D eigenvalue weighted by atomic mass is 16.3. The predicted octanol–water partition coefficient (Wildman–Crippen LogP) is 3.34. The van der Waals surface area contributed by atoms with Crippen LogP contribution in [0, 0.1) is 11.8 Å². The molecule has 0 saturated heterocycles. The van der Waals surface area contributed by atoms with Crippen LogP contribution in [-0.4, -0.2) is 10.1 Å². The van der Waals surface area contributed by atoms with E-state index in [0.29, 0.717) is 0 Å². The quantitative estimate of drug-likeness (QED) is 0.616. The Hall–Kier alpha value is -2.79. The van der Waals surface area contributed by atoms with E-state index in [9.17, 15) is 5.11 Å². The summed E-state index contributed by atoms with van der Waals surface area (Å²) >= 11 is 0. The van der Waals surface area contributed by atoms with Gasteiger partial charge in [-0.1, -0.05) is 36.3 Å². The lowest BCUT2D eigenvalue weighted by atomic mass is 10.2. The Labute approximate surface area is 111 Å². The van der Waals surface area contributed by atoms with E-state index in [4.69, 9.17) is 0 Å². The van der Waals surface area contributed by atoms with Crippen molar-refractivity contribution in [3.05, 3.63) is 71.9 Å². The van der Waals surface area contributed by atoms with E-state index >= 15 is 0 Å². The van der Waals surface area contributed by atoms with Crippen LogP contribution in [0.5, 0.6) is 5.75 Å². The van der Waals surface area contributed by atoms with Crippen LogP contribution in [0.2, 0.25) is 0 Å². The zero-order valence-corrected chi connectivity index (χ0v) is 10.2. The average Bonchev–Trinajstić information content (AvgIpc) is 2.45. The third kappa shape index (κ3) is 2.56. The zero-order chi connectivity index (χ0) is 13.1. The molecule has 0 unspecified atom stereocenters. The smallest absolute Gasteiger partial charge is 0.116 e. The molecular weight excluding hydrogens is 234 g/mol. The summed E-state index contributed by atoms with van der Waals surface area (Å²) in [6.07, 6.45) is 0. The Kier molecular flexibility index (Phi) is 2.88. The maximum atomic E-state index is 9.37. The molecule has 19 heavy (non-hydrogen) atoms. The zero-order valence-electron chi connectivity index (χ0n) is 10.2. The SMILES string of the molecule is Oc1cccc(C#Cc2ccc3ccccc3n2)c1. The van der Waals surface area contributed by atoms with E-state index in [0.717, 1.165) is 22.2 Å². The Bertz CT molecular complexity index is 797. The minimum Gasteiger partial charge on any atom is -0.508 e. The highest BCUT2D eigenvalue weighted by Crippen LogP contribution is 2.12. The van der Waals surface area contributed by atoms with Gasteiger partial charge in [0.25, 0.3) is 0 Å². The van der Waals surface area contributed by atoms with E-state index in [1.54, 1.807) is 18.2 Å². The molecule has 0 spiro atoms. The first-order chi connectivity index (χ1) is 9.31. The predicted molar refractivity (Wildman–Crippen MR) is 75.8 cm³/mol. The second-order valence-electron chi connectivity index (χ2n) is 4.19. The molecule has 2 nitrogen and oxygen atoms in total. The monoisotopic (exact) mass is 245 g/mol. The number of benzene rings is 2.